The summed E-state index contributed by atoms with van der Waals surface area (Å²) in [5.41, 5.74) is 6.24. The molecular formula is C40H24O4. The van der Waals surface area contributed by atoms with E-state index in [1.165, 1.54) is 12.1 Å². The average Bonchev–Trinajstić information content (AvgIpc) is 3.07. The largest absolute Gasteiger partial charge is 0.507 e. The summed E-state index contributed by atoms with van der Waals surface area (Å²) in [5.74, 6) is -1.63. The molecule has 208 valence electrons. The lowest BCUT2D eigenvalue weighted by molar-refractivity contribution is 0.0974. The van der Waals surface area contributed by atoms with Gasteiger partial charge in [0.15, 0.2) is 11.6 Å². The van der Waals surface area contributed by atoms with Crippen molar-refractivity contribution in [3.8, 4) is 44.9 Å². The summed E-state index contributed by atoms with van der Waals surface area (Å²) in [6.45, 7) is 0. The predicted molar refractivity (Wildman–Crippen MR) is 174 cm³/mol. The highest BCUT2D eigenvalue weighted by atomic mass is 16.3. The van der Waals surface area contributed by atoms with Crippen LogP contribution < -0.4 is 0 Å². The van der Waals surface area contributed by atoms with Crippen LogP contribution in [0.2, 0.25) is 0 Å². The van der Waals surface area contributed by atoms with Crippen LogP contribution >= 0.6 is 0 Å². The highest BCUT2D eigenvalue weighted by Gasteiger charge is 2.34. The van der Waals surface area contributed by atoms with Crippen LogP contribution in [-0.2, 0) is 0 Å². The van der Waals surface area contributed by atoms with Crippen LogP contribution in [0.5, 0.6) is 11.5 Å². The molecule has 0 heterocycles. The van der Waals surface area contributed by atoms with E-state index in [9.17, 15) is 19.8 Å². The van der Waals surface area contributed by atoms with E-state index in [-0.39, 0.29) is 33.8 Å². The Balaban J connectivity index is 1.40. The zero-order valence-corrected chi connectivity index (χ0v) is 23.4. The Morgan fingerprint density at radius 3 is 1.39 bits per heavy atom. The number of hydrogen-bond acceptors (Lipinski definition) is 4. The molecule has 0 spiro atoms. The molecule has 2 N–H and O–H groups in total. The number of phenols is 2. The van der Waals surface area contributed by atoms with Crippen molar-refractivity contribution in [2.45, 2.75) is 0 Å². The van der Waals surface area contributed by atoms with Crippen molar-refractivity contribution in [3.63, 3.8) is 0 Å². The van der Waals surface area contributed by atoms with Gasteiger partial charge in [-0.15, -0.1) is 0 Å². The van der Waals surface area contributed by atoms with Gasteiger partial charge in [0.1, 0.15) is 11.5 Å². The number of benzene rings is 7. The van der Waals surface area contributed by atoms with E-state index >= 15 is 0 Å². The summed E-state index contributed by atoms with van der Waals surface area (Å²) in [4.78, 5) is 26.9. The van der Waals surface area contributed by atoms with Gasteiger partial charge in [-0.1, -0.05) is 103 Å². The molecule has 44 heavy (non-hydrogen) atoms. The van der Waals surface area contributed by atoms with Crippen LogP contribution in [-0.4, -0.2) is 21.8 Å². The maximum Gasteiger partial charge on any atom is 0.198 e. The summed E-state index contributed by atoms with van der Waals surface area (Å²) >= 11 is 0. The second-order valence-corrected chi connectivity index (χ2v) is 11.1. The molecule has 0 amide bonds. The van der Waals surface area contributed by atoms with Crippen molar-refractivity contribution in [2.75, 3.05) is 0 Å². The minimum absolute atomic E-state index is 0.159. The lowest BCUT2D eigenvalue weighted by atomic mass is 9.81. The number of rotatable bonds is 3. The molecule has 7 aromatic rings. The van der Waals surface area contributed by atoms with E-state index in [1.807, 2.05) is 36.4 Å². The van der Waals surface area contributed by atoms with Gasteiger partial charge in [-0.05, 0) is 85.3 Å². The monoisotopic (exact) mass is 568 g/mol. The number of hydrogen-bond donors (Lipinski definition) is 2. The first kappa shape index (κ1) is 25.7. The van der Waals surface area contributed by atoms with Gasteiger partial charge in [0.25, 0.3) is 0 Å². The third-order valence-electron chi connectivity index (χ3n) is 8.61. The Kier molecular flexibility index (Phi) is 5.71. The zero-order valence-electron chi connectivity index (χ0n) is 23.4. The quantitative estimate of drug-likeness (QED) is 0.165. The summed E-state index contributed by atoms with van der Waals surface area (Å²) in [6, 6.07) is 43.2. The van der Waals surface area contributed by atoms with Gasteiger partial charge in [-0.3, -0.25) is 9.59 Å². The Hall–Kier alpha value is -6.00. The molecule has 0 unspecified atom stereocenters. The zero-order chi connectivity index (χ0) is 29.9. The minimum Gasteiger partial charge on any atom is -0.507 e. The summed E-state index contributed by atoms with van der Waals surface area (Å²) in [6.07, 6.45) is 0. The molecule has 0 radical (unpaired) electrons. The average molecular weight is 569 g/mol. The summed E-state index contributed by atoms with van der Waals surface area (Å²) < 4.78 is 0. The first-order valence-corrected chi connectivity index (χ1v) is 14.4. The first-order chi connectivity index (χ1) is 21.5. The van der Waals surface area contributed by atoms with Crippen molar-refractivity contribution in [3.05, 3.63) is 156 Å². The summed E-state index contributed by atoms with van der Waals surface area (Å²) in [7, 11) is 0. The molecule has 0 aromatic heterocycles. The number of carbonyl (C=O) groups excluding carboxylic acids is 2. The van der Waals surface area contributed by atoms with E-state index in [1.54, 1.807) is 12.1 Å². The molecule has 0 bridgehead atoms. The highest BCUT2D eigenvalue weighted by molar-refractivity contribution is 6.30. The van der Waals surface area contributed by atoms with Crippen LogP contribution in [0.4, 0.5) is 0 Å². The molecule has 0 fully saturated rings. The number of aromatic hydroxyl groups is 2. The molecule has 0 atom stereocenters. The fourth-order valence-corrected chi connectivity index (χ4v) is 6.61. The van der Waals surface area contributed by atoms with Gasteiger partial charge < -0.3 is 10.2 Å². The molecule has 1 aliphatic carbocycles. The molecule has 1 aliphatic rings. The van der Waals surface area contributed by atoms with Crippen LogP contribution in [0.25, 0.3) is 54.9 Å². The molecule has 0 aliphatic heterocycles. The maximum absolute atomic E-state index is 13.6. The maximum atomic E-state index is 13.6. The van der Waals surface area contributed by atoms with Gasteiger partial charge >= 0.3 is 0 Å². The van der Waals surface area contributed by atoms with Gasteiger partial charge in [-0.2, -0.15) is 0 Å². The van der Waals surface area contributed by atoms with Gasteiger partial charge in [-0.25, -0.2) is 0 Å². The van der Waals surface area contributed by atoms with E-state index in [4.69, 9.17) is 0 Å². The number of carbonyl (C=O) groups is 2. The van der Waals surface area contributed by atoms with Gasteiger partial charge in [0, 0.05) is 11.1 Å². The van der Waals surface area contributed by atoms with Crippen molar-refractivity contribution < 1.29 is 19.8 Å². The Bertz CT molecular complexity index is 2320. The Morgan fingerprint density at radius 1 is 0.341 bits per heavy atom. The normalized spacial score (nSPS) is 12.4. The first-order valence-electron chi connectivity index (χ1n) is 14.4. The van der Waals surface area contributed by atoms with Crippen LogP contribution in [0, 0.1) is 0 Å². The lowest BCUT2D eigenvalue weighted by Crippen LogP contribution is -2.21. The second-order valence-electron chi connectivity index (χ2n) is 11.1. The molecule has 8 rings (SSSR count). The molecular weight excluding hydrogens is 544 g/mol. The van der Waals surface area contributed by atoms with Crippen LogP contribution in [0.15, 0.2) is 133 Å². The smallest absolute Gasteiger partial charge is 0.198 e. The third kappa shape index (κ3) is 3.78. The van der Waals surface area contributed by atoms with Crippen molar-refractivity contribution in [2.24, 2.45) is 0 Å². The van der Waals surface area contributed by atoms with Crippen LogP contribution in [0.3, 0.4) is 0 Å². The Labute approximate surface area is 253 Å². The molecule has 4 nitrogen and oxygen atoms in total. The molecule has 0 saturated carbocycles. The third-order valence-corrected chi connectivity index (χ3v) is 8.61. The Morgan fingerprint density at radius 2 is 0.795 bits per heavy atom. The minimum atomic E-state index is -0.493. The summed E-state index contributed by atoms with van der Waals surface area (Å²) in [5, 5.41) is 25.3. The van der Waals surface area contributed by atoms with Crippen molar-refractivity contribution in [1.29, 1.82) is 0 Å². The van der Waals surface area contributed by atoms with E-state index < -0.39 is 11.6 Å². The van der Waals surface area contributed by atoms with Crippen LogP contribution in [0.1, 0.15) is 31.8 Å². The fourth-order valence-electron chi connectivity index (χ4n) is 6.61. The van der Waals surface area contributed by atoms with E-state index in [0.29, 0.717) is 0 Å². The number of ketones is 2. The van der Waals surface area contributed by atoms with Crippen molar-refractivity contribution in [1.82, 2.24) is 0 Å². The molecule has 0 saturated heterocycles. The fraction of sp³-hybridized carbons (Fsp3) is 0. The standard InChI is InChI=1S/C40H24O4/c41-33-19-20-34(42)38-37(33)39(43)30-18-16-26(22-32(30)40(38)44)25-15-17-29-31(21-25)36(24-11-5-2-6-12-24)28-14-8-7-13-27(28)35(29)23-9-3-1-4-10-23/h1-22,41-42H. The predicted octanol–water partition coefficient (Wildman–Crippen LogP) is 9.18. The van der Waals surface area contributed by atoms with Gasteiger partial charge in [0.05, 0.1) is 11.1 Å². The number of fused-ring (bicyclic) bond motifs is 4. The molecule has 7 aromatic carbocycles. The lowest BCUT2D eigenvalue weighted by Gasteiger charge is -2.21. The number of phenolic OH excluding ortho intramolecular Hbond substituents is 2. The van der Waals surface area contributed by atoms with E-state index in [2.05, 4.69) is 72.8 Å². The molecule has 4 heteroatoms. The highest BCUT2D eigenvalue weighted by Crippen LogP contribution is 2.45. The van der Waals surface area contributed by atoms with E-state index in [0.717, 1.165) is 54.9 Å². The second kappa shape index (κ2) is 9.79. The topological polar surface area (TPSA) is 74.6 Å². The SMILES string of the molecule is O=C1c2ccc(-c3ccc4c(-c5ccccc5)c5ccccc5c(-c5ccccc5)c4c3)cc2C(=O)c2c(O)ccc(O)c21. The van der Waals surface area contributed by atoms with Crippen molar-refractivity contribution >= 4 is 33.1 Å². The van der Waals surface area contributed by atoms with Gasteiger partial charge in [0.2, 0.25) is 0 Å².